The maximum absolute atomic E-state index is 12.3. The van der Waals surface area contributed by atoms with Crippen LogP contribution in [0.25, 0.3) is 0 Å². The summed E-state index contributed by atoms with van der Waals surface area (Å²) in [5, 5.41) is 9.71. The summed E-state index contributed by atoms with van der Waals surface area (Å²) in [4.78, 5) is 24.5. The molecule has 1 N–H and O–H groups in total. The first-order chi connectivity index (χ1) is 12.6. The Morgan fingerprint density at radius 2 is 1.42 bits per heavy atom. The largest absolute Gasteiger partial charge is 0.507 e. The average molecular weight is 346 g/mol. The van der Waals surface area contributed by atoms with E-state index < -0.39 is 5.78 Å². The fraction of sp³-hybridized carbons (Fsp3) is 0.0909. The van der Waals surface area contributed by atoms with Crippen molar-refractivity contribution in [3.63, 3.8) is 0 Å². The first-order valence-electron chi connectivity index (χ1n) is 8.24. The fourth-order valence-corrected chi connectivity index (χ4v) is 2.53. The van der Waals surface area contributed by atoms with Crippen LogP contribution in [0.5, 0.6) is 11.5 Å². The number of phenols is 1. The van der Waals surface area contributed by atoms with Crippen LogP contribution >= 0.6 is 0 Å². The van der Waals surface area contributed by atoms with Crippen LogP contribution in [0.4, 0.5) is 0 Å². The fourth-order valence-electron chi connectivity index (χ4n) is 2.53. The summed E-state index contributed by atoms with van der Waals surface area (Å²) in [6.45, 7) is 0.444. The van der Waals surface area contributed by atoms with Gasteiger partial charge in [0.1, 0.15) is 18.1 Å². The average Bonchev–Trinajstić information content (AvgIpc) is 2.68. The van der Waals surface area contributed by atoms with E-state index in [2.05, 4.69) is 0 Å². The van der Waals surface area contributed by atoms with Crippen molar-refractivity contribution in [2.75, 3.05) is 0 Å². The van der Waals surface area contributed by atoms with E-state index in [1.807, 2.05) is 30.3 Å². The number of Topliss-reactive ketones (excluding diaryl/α,β-unsaturated/α-hetero) is 2. The van der Waals surface area contributed by atoms with E-state index in [4.69, 9.17) is 4.74 Å². The van der Waals surface area contributed by atoms with Crippen molar-refractivity contribution in [3.8, 4) is 11.5 Å². The predicted molar refractivity (Wildman–Crippen MR) is 98.6 cm³/mol. The van der Waals surface area contributed by atoms with Crippen molar-refractivity contribution in [1.82, 2.24) is 0 Å². The number of carbonyl (C=O) groups excluding carboxylic acids is 2. The number of carbonyl (C=O) groups is 2. The zero-order chi connectivity index (χ0) is 18.4. The molecule has 0 fully saturated rings. The standard InChI is InChI=1S/C22H18O4/c23-20-9-5-4-8-19(20)22(25)14-21(24)17-10-12-18(13-11-17)26-15-16-6-2-1-3-7-16/h1-13,23H,14-15H2. The number of ketones is 2. The van der Waals surface area contributed by atoms with Gasteiger partial charge < -0.3 is 9.84 Å². The highest BCUT2D eigenvalue weighted by Crippen LogP contribution is 2.20. The summed E-state index contributed by atoms with van der Waals surface area (Å²) >= 11 is 0. The summed E-state index contributed by atoms with van der Waals surface area (Å²) in [7, 11) is 0. The highest BCUT2D eigenvalue weighted by molar-refractivity contribution is 6.14. The molecular weight excluding hydrogens is 328 g/mol. The van der Waals surface area contributed by atoms with Gasteiger partial charge >= 0.3 is 0 Å². The number of phenolic OH excluding ortho intramolecular Hbond substituents is 1. The molecule has 0 aliphatic heterocycles. The van der Waals surface area contributed by atoms with Crippen molar-refractivity contribution in [3.05, 3.63) is 95.6 Å². The number of hydrogen-bond acceptors (Lipinski definition) is 4. The Kier molecular flexibility index (Phi) is 5.44. The van der Waals surface area contributed by atoms with Gasteiger partial charge in [-0.25, -0.2) is 0 Å². The topological polar surface area (TPSA) is 63.6 Å². The van der Waals surface area contributed by atoms with Crippen molar-refractivity contribution in [2.45, 2.75) is 13.0 Å². The molecule has 0 aromatic heterocycles. The number of para-hydroxylation sites is 1. The van der Waals surface area contributed by atoms with Crippen LogP contribution in [-0.4, -0.2) is 16.7 Å². The van der Waals surface area contributed by atoms with E-state index in [0.29, 0.717) is 17.9 Å². The SMILES string of the molecule is O=C(CC(=O)c1ccccc1O)c1ccc(OCc2ccccc2)cc1. The molecule has 0 aliphatic carbocycles. The minimum absolute atomic E-state index is 0.116. The Balaban J connectivity index is 1.60. The van der Waals surface area contributed by atoms with Crippen LogP contribution in [-0.2, 0) is 6.61 Å². The lowest BCUT2D eigenvalue weighted by Gasteiger charge is -2.07. The van der Waals surface area contributed by atoms with Crippen molar-refractivity contribution in [2.24, 2.45) is 0 Å². The molecule has 0 atom stereocenters. The van der Waals surface area contributed by atoms with E-state index in [1.54, 1.807) is 36.4 Å². The molecule has 0 amide bonds. The monoisotopic (exact) mass is 346 g/mol. The summed E-state index contributed by atoms with van der Waals surface area (Å²) in [5.74, 6) is -0.169. The van der Waals surface area contributed by atoms with Crippen LogP contribution in [0.2, 0.25) is 0 Å². The minimum Gasteiger partial charge on any atom is -0.507 e. The molecule has 4 heteroatoms. The molecule has 0 bridgehead atoms. The van der Waals surface area contributed by atoms with E-state index >= 15 is 0 Å². The van der Waals surface area contributed by atoms with Gasteiger partial charge in [0, 0.05) is 5.56 Å². The lowest BCUT2D eigenvalue weighted by Crippen LogP contribution is -2.08. The van der Waals surface area contributed by atoms with E-state index in [0.717, 1.165) is 5.56 Å². The van der Waals surface area contributed by atoms with Crippen LogP contribution in [0.15, 0.2) is 78.9 Å². The zero-order valence-electron chi connectivity index (χ0n) is 14.1. The number of hydrogen-bond donors (Lipinski definition) is 1. The first-order valence-corrected chi connectivity index (χ1v) is 8.24. The van der Waals surface area contributed by atoms with Gasteiger partial charge in [-0.1, -0.05) is 42.5 Å². The maximum atomic E-state index is 12.3. The molecule has 4 nitrogen and oxygen atoms in total. The molecule has 0 aliphatic rings. The third kappa shape index (κ3) is 4.36. The number of benzene rings is 3. The molecule has 26 heavy (non-hydrogen) atoms. The summed E-state index contributed by atoms with van der Waals surface area (Å²) in [5.41, 5.74) is 1.64. The van der Waals surface area contributed by atoms with Gasteiger partial charge in [-0.3, -0.25) is 9.59 Å². The van der Waals surface area contributed by atoms with E-state index in [-0.39, 0.29) is 23.5 Å². The van der Waals surface area contributed by atoms with Crippen molar-refractivity contribution in [1.29, 1.82) is 0 Å². The van der Waals surface area contributed by atoms with Crippen molar-refractivity contribution >= 4 is 11.6 Å². The van der Waals surface area contributed by atoms with Gasteiger partial charge in [0.2, 0.25) is 0 Å². The highest BCUT2D eigenvalue weighted by atomic mass is 16.5. The van der Waals surface area contributed by atoms with Gasteiger partial charge in [0.15, 0.2) is 11.6 Å². The Bertz CT molecular complexity index is 899. The Labute approximate surface area is 151 Å². The van der Waals surface area contributed by atoms with Gasteiger partial charge in [-0.15, -0.1) is 0 Å². The van der Waals surface area contributed by atoms with Gasteiger partial charge in [-0.2, -0.15) is 0 Å². The predicted octanol–water partition coefficient (Wildman–Crippen LogP) is 4.43. The molecule has 3 aromatic carbocycles. The molecule has 130 valence electrons. The second kappa shape index (κ2) is 8.12. The third-order valence-corrected chi connectivity index (χ3v) is 3.95. The Hall–Kier alpha value is -3.40. The molecule has 0 spiro atoms. The molecule has 3 aromatic rings. The summed E-state index contributed by atoms with van der Waals surface area (Å²) < 4.78 is 5.68. The number of aromatic hydroxyl groups is 1. The quantitative estimate of drug-likeness (QED) is 0.508. The van der Waals surface area contributed by atoms with E-state index in [9.17, 15) is 14.7 Å². The molecule has 0 unspecified atom stereocenters. The summed E-state index contributed by atoms with van der Waals surface area (Å²) in [6, 6.07) is 22.7. The maximum Gasteiger partial charge on any atom is 0.174 e. The normalized spacial score (nSPS) is 10.3. The Morgan fingerprint density at radius 1 is 0.769 bits per heavy atom. The lowest BCUT2D eigenvalue weighted by atomic mass is 10.0. The Morgan fingerprint density at radius 3 is 2.12 bits per heavy atom. The molecule has 0 saturated carbocycles. The number of rotatable bonds is 7. The smallest absolute Gasteiger partial charge is 0.174 e. The molecule has 0 heterocycles. The second-order valence-electron chi connectivity index (χ2n) is 5.84. The lowest BCUT2D eigenvalue weighted by molar-refractivity contribution is 0.0893. The molecule has 3 rings (SSSR count). The van der Waals surface area contributed by atoms with Gasteiger partial charge in [0.05, 0.1) is 12.0 Å². The van der Waals surface area contributed by atoms with Crippen LogP contribution in [0.1, 0.15) is 32.7 Å². The minimum atomic E-state index is -0.405. The van der Waals surface area contributed by atoms with E-state index in [1.165, 1.54) is 12.1 Å². The number of ether oxygens (including phenoxy) is 1. The summed E-state index contributed by atoms with van der Waals surface area (Å²) in [6.07, 6.45) is -0.290. The van der Waals surface area contributed by atoms with Crippen LogP contribution < -0.4 is 4.74 Å². The zero-order valence-corrected chi connectivity index (χ0v) is 14.1. The first kappa shape index (κ1) is 17.4. The van der Waals surface area contributed by atoms with Crippen LogP contribution in [0, 0.1) is 0 Å². The van der Waals surface area contributed by atoms with Gasteiger partial charge in [-0.05, 0) is 42.0 Å². The van der Waals surface area contributed by atoms with Crippen LogP contribution in [0.3, 0.4) is 0 Å². The molecule has 0 saturated heterocycles. The van der Waals surface area contributed by atoms with Gasteiger partial charge in [0.25, 0.3) is 0 Å². The third-order valence-electron chi connectivity index (χ3n) is 3.95. The molecule has 0 radical (unpaired) electrons. The molecular formula is C22H18O4. The highest BCUT2D eigenvalue weighted by Gasteiger charge is 2.16. The van der Waals surface area contributed by atoms with Crippen molar-refractivity contribution < 1.29 is 19.4 Å². The second-order valence-corrected chi connectivity index (χ2v) is 5.84.